The third-order valence-corrected chi connectivity index (χ3v) is 3.94. The zero-order valence-corrected chi connectivity index (χ0v) is 16.6. The molecular weight excluding hydrogens is 364 g/mol. The maximum absolute atomic E-state index is 12.5. The van der Waals surface area contributed by atoms with Crippen LogP contribution in [0.5, 0.6) is 0 Å². The second-order valence-electron chi connectivity index (χ2n) is 7.49. The van der Waals surface area contributed by atoms with E-state index in [-0.39, 0.29) is 18.9 Å². The molecule has 1 aliphatic heterocycles. The van der Waals surface area contributed by atoms with Gasteiger partial charge in [-0.05, 0) is 26.3 Å². The first-order chi connectivity index (χ1) is 13.2. The Kier molecular flexibility index (Phi) is 7.80. The summed E-state index contributed by atoms with van der Waals surface area (Å²) in [6, 6.07) is 8.04. The lowest BCUT2D eigenvalue weighted by Gasteiger charge is -2.28. The molecule has 1 saturated heterocycles. The standard InChI is InChI=1S/C20H28N2O6/c1-20(2,3)28-19(25)21-16(13-17(23)22-9-11-26-12-10-22)18(24)27-14-15-7-5-4-6-8-15/h4-8,16H,9-14H2,1-3H3,(H,21,25)/t16-/m0/s1. The third kappa shape index (κ3) is 7.56. The molecule has 0 spiro atoms. The minimum absolute atomic E-state index is 0.0535. The van der Waals surface area contributed by atoms with Gasteiger partial charge >= 0.3 is 12.1 Å². The smallest absolute Gasteiger partial charge is 0.408 e. The van der Waals surface area contributed by atoms with Crippen LogP contribution < -0.4 is 5.32 Å². The first kappa shape index (κ1) is 21.7. The van der Waals surface area contributed by atoms with Crippen molar-refractivity contribution in [2.45, 2.75) is 45.4 Å². The van der Waals surface area contributed by atoms with Gasteiger partial charge in [0.2, 0.25) is 5.91 Å². The number of alkyl carbamates (subject to hydrolysis) is 1. The van der Waals surface area contributed by atoms with E-state index in [0.29, 0.717) is 26.3 Å². The van der Waals surface area contributed by atoms with Crippen LogP contribution in [0, 0.1) is 0 Å². The Morgan fingerprint density at radius 2 is 1.79 bits per heavy atom. The molecular formula is C20H28N2O6. The Morgan fingerprint density at radius 3 is 2.39 bits per heavy atom. The van der Waals surface area contributed by atoms with E-state index in [9.17, 15) is 14.4 Å². The second kappa shape index (κ2) is 10.1. The zero-order valence-electron chi connectivity index (χ0n) is 16.6. The number of morpholine rings is 1. The predicted molar refractivity (Wildman–Crippen MR) is 101 cm³/mol. The molecule has 1 heterocycles. The van der Waals surface area contributed by atoms with E-state index < -0.39 is 23.7 Å². The molecule has 0 saturated carbocycles. The minimum Gasteiger partial charge on any atom is -0.459 e. The highest BCUT2D eigenvalue weighted by molar-refractivity contribution is 5.88. The average molecular weight is 392 g/mol. The summed E-state index contributed by atoms with van der Waals surface area (Å²) in [4.78, 5) is 38.8. The highest BCUT2D eigenvalue weighted by Gasteiger charge is 2.30. The lowest BCUT2D eigenvalue weighted by molar-refractivity contribution is -0.150. The largest absolute Gasteiger partial charge is 0.459 e. The van der Waals surface area contributed by atoms with Gasteiger partial charge in [0.1, 0.15) is 18.2 Å². The van der Waals surface area contributed by atoms with Gasteiger partial charge in [0.15, 0.2) is 0 Å². The number of nitrogens with zero attached hydrogens (tertiary/aromatic N) is 1. The molecule has 28 heavy (non-hydrogen) atoms. The molecule has 1 aromatic carbocycles. The van der Waals surface area contributed by atoms with E-state index in [1.807, 2.05) is 30.3 Å². The lowest BCUT2D eigenvalue weighted by Crippen LogP contribution is -2.49. The van der Waals surface area contributed by atoms with E-state index in [0.717, 1.165) is 5.56 Å². The van der Waals surface area contributed by atoms with E-state index in [4.69, 9.17) is 14.2 Å². The minimum atomic E-state index is -1.13. The third-order valence-electron chi connectivity index (χ3n) is 3.94. The van der Waals surface area contributed by atoms with E-state index in [1.165, 1.54) is 0 Å². The Balaban J connectivity index is 2.00. The number of carbonyl (C=O) groups excluding carboxylic acids is 3. The van der Waals surface area contributed by atoms with Gasteiger partial charge in [-0.3, -0.25) is 4.79 Å². The molecule has 0 bridgehead atoms. The maximum atomic E-state index is 12.5. The molecule has 8 heteroatoms. The molecule has 0 radical (unpaired) electrons. The second-order valence-corrected chi connectivity index (χ2v) is 7.49. The molecule has 8 nitrogen and oxygen atoms in total. The predicted octanol–water partition coefficient (Wildman–Crippen LogP) is 1.87. The molecule has 0 aromatic heterocycles. The Morgan fingerprint density at radius 1 is 1.14 bits per heavy atom. The Labute approximate surface area is 165 Å². The highest BCUT2D eigenvalue weighted by Crippen LogP contribution is 2.10. The van der Waals surface area contributed by atoms with Crippen molar-refractivity contribution in [1.29, 1.82) is 0 Å². The monoisotopic (exact) mass is 392 g/mol. The SMILES string of the molecule is CC(C)(C)OC(=O)N[C@@H](CC(=O)N1CCOCC1)C(=O)OCc1ccccc1. The number of nitrogens with one attached hydrogen (secondary N) is 1. The number of ether oxygens (including phenoxy) is 3. The van der Waals surface area contributed by atoms with Crippen LogP contribution in [0.15, 0.2) is 30.3 Å². The van der Waals surface area contributed by atoms with Crippen LogP contribution >= 0.6 is 0 Å². The summed E-state index contributed by atoms with van der Waals surface area (Å²) in [7, 11) is 0. The summed E-state index contributed by atoms with van der Waals surface area (Å²) in [5.74, 6) is -0.933. The molecule has 0 unspecified atom stereocenters. The summed E-state index contributed by atoms with van der Waals surface area (Å²) >= 11 is 0. The first-order valence-electron chi connectivity index (χ1n) is 9.30. The quantitative estimate of drug-likeness (QED) is 0.743. The van der Waals surface area contributed by atoms with Crippen molar-refractivity contribution < 1.29 is 28.6 Å². The fourth-order valence-electron chi connectivity index (χ4n) is 2.59. The molecule has 1 fully saturated rings. The van der Waals surface area contributed by atoms with Crippen LogP contribution in [-0.4, -0.2) is 60.8 Å². The summed E-state index contributed by atoms with van der Waals surface area (Å²) < 4.78 is 15.7. The molecule has 2 rings (SSSR count). The van der Waals surface area contributed by atoms with Crippen molar-refractivity contribution in [3.63, 3.8) is 0 Å². The fraction of sp³-hybridized carbons (Fsp3) is 0.550. The van der Waals surface area contributed by atoms with Crippen LogP contribution in [0.2, 0.25) is 0 Å². The van der Waals surface area contributed by atoms with Crippen molar-refractivity contribution in [3.05, 3.63) is 35.9 Å². The first-order valence-corrected chi connectivity index (χ1v) is 9.30. The number of amides is 2. The number of carbonyl (C=O) groups is 3. The van der Waals surface area contributed by atoms with Gasteiger partial charge in [0.25, 0.3) is 0 Å². The van der Waals surface area contributed by atoms with Crippen LogP contribution in [0.4, 0.5) is 4.79 Å². The molecule has 154 valence electrons. The number of rotatable bonds is 6. The topological polar surface area (TPSA) is 94.2 Å². The molecule has 1 aromatic rings. The van der Waals surface area contributed by atoms with E-state index in [1.54, 1.807) is 25.7 Å². The van der Waals surface area contributed by atoms with Crippen molar-refractivity contribution in [3.8, 4) is 0 Å². The summed E-state index contributed by atoms with van der Waals surface area (Å²) in [6.45, 7) is 7.02. The van der Waals surface area contributed by atoms with Crippen molar-refractivity contribution in [2.24, 2.45) is 0 Å². The van der Waals surface area contributed by atoms with Crippen LogP contribution in [0.1, 0.15) is 32.8 Å². The molecule has 1 N–H and O–H groups in total. The highest BCUT2D eigenvalue weighted by atomic mass is 16.6. The maximum Gasteiger partial charge on any atom is 0.408 e. The number of hydrogen-bond donors (Lipinski definition) is 1. The number of benzene rings is 1. The van der Waals surface area contributed by atoms with Crippen LogP contribution in [0.25, 0.3) is 0 Å². The van der Waals surface area contributed by atoms with E-state index in [2.05, 4.69) is 5.32 Å². The lowest BCUT2D eigenvalue weighted by atomic mass is 10.1. The molecule has 2 amide bonds. The molecule has 1 aliphatic rings. The summed E-state index contributed by atoms with van der Waals surface area (Å²) in [5.41, 5.74) is 0.0861. The van der Waals surface area contributed by atoms with Crippen molar-refractivity contribution in [2.75, 3.05) is 26.3 Å². The van der Waals surface area contributed by atoms with Gasteiger partial charge in [-0.2, -0.15) is 0 Å². The average Bonchev–Trinajstić information content (AvgIpc) is 2.65. The zero-order chi connectivity index (χ0) is 20.6. The molecule has 0 aliphatic carbocycles. The number of hydrogen-bond acceptors (Lipinski definition) is 6. The Hall–Kier alpha value is -2.61. The van der Waals surface area contributed by atoms with E-state index >= 15 is 0 Å². The van der Waals surface area contributed by atoms with Gasteiger partial charge in [-0.15, -0.1) is 0 Å². The summed E-state index contributed by atoms with van der Waals surface area (Å²) in [6.07, 6.45) is -0.976. The molecule has 1 atom stereocenters. The van der Waals surface area contributed by atoms with Gasteiger partial charge in [-0.25, -0.2) is 9.59 Å². The normalized spacial score (nSPS) is 15.5. The van der Waals surface area contributed by atoms with Gasteiger partial charge in [0.05, 0.1) is 19.6 Å². The van der Waals surface area contributed by atoms with Gasteiger partial charge in [-0.1, -0.05) is 30.3 Å². The Bertz CT molecular complexity index is 665. The fourth-order valence-corrected chi connectivity index (χ4v) is 2.59. The van der Waals surface area contributed by atoms with Crippen LogP contribution in [0.3, 0.4) is 0 Å². The van der Waals surface area contributed by atoms with Crippen LogP contribution in [-0.2, 0) is 30.4 Å². The van der Waals surface area contributed by atoms with Gasteiger partial charge in [0, 0.05) is 13.1 Å². The van der Waals surface area contributed by atoms with Crippen molar-refractivity contribution in [1.82, 2.24) is 10.2 Å². The summed E-state index contributed by atoms with van der Waals surface area (Å²) in [5, 5.41) is 2.47. The van der Waals surface area contributed by atoms with Crippen molar-refractivity contribution >= 4 is 18.0 Å². The van der Waals surface area contributed by atoms with Gasteiger partial charge < -0.3 is 24.4 Å². The number of esters is 1.